The van der Waals surface area contributed by atoms with Crippen molar-refractivity contribution in [2.45, 2.75) is 12.8 Å². The van der Waals surface area contributed by atoms with Crippen molar-refractivity contribution >= 4 is 40.5 Å². The van der Waals surface area contributed by atoms with Crippen LogP contribution in [0.15, 0.2) is 72.8 Å². The van der Waals surface area contributed by atoms with Gasteiger partial charge in [0, 0.05) is 11.3 Å². The van der Waals surface area contributed by atoms with Crippen LogP contribution in [0.3, 0.4) is 0 Å². The number of para-hydroxylation sites is 1. The maximum absolute atomic E-state index is 13.5. The lowest BCUT2D eigenvalue weighted by Gasteiger charge is -2.25. The van der Waals surface area contributed by atoms with E-state index in [4.69, 9.17) is 11.6 Å². The highest BCUT2D eigenvalue weighted by molar-refractivity contribution is 6.29. The van der Waals surface area contributed by atoms with Gasteiger partial charge >= 0.3 is 0 Å². The average molecular weight is 391 g/mol. The third-order valence-corrected chi connectivity index (χ3v) is 5.09. The lowest BCUT2D eigenvalue weighted by molar-refractivity contribution is -0.113. The van der Waals surface area contributed by atoms with Crippen molar-refractivity contribution in [2.24, 2.45) is 0 Å². The van der Waals surface area contributed by atoms with E-state index in [2.05, 4.69) is 11.4 Å². The second kappa shape index (κ2) is 7.87. The molecule has 2 amide bonds. The van der Waals surface area contributed by atoms with Crippen molar-refractivity contribution in [3.05, 3.63) is 89.5 Å². The number of nitrogens with zero attached hydrogens (tertiary/aromatic N) is 1. The molecule has 0 unspecified atom stereocenters. The van der Waals surface area contributed by atoms with Crippen molar-refractivity contribution < 1.29 is 9.59 Å². The molecule has 0 bridgehead atoms. The highest BCUT2D eigenvalue weighted by Gasteiger charge is 2.27. The quantitative estimate of drug-likeness (QED) is 0.644. The summed E-state index contributed by atoms with van der Waals surface area (Å²) in [5.41, 5.74) is 5.07. The monoisotopic (exact) mass is 390 g/mol. The molecule has 5 heteroatoms. The van der Waals surface area contributed by atoms with E-state index in [1.165, 1.54) is 0 Å². The number of carbonyl (C=O) groups is 2. The van der Waals surface area contributed by atoms with Crippen molar-refractivity contribution in [2.75, 3.05) is 16.1 Å². The van der Waals surface area contributed by atoms with Gasteiger partial charge in [-0.05, 0) is 54.3 Å². The topological polar surface area (TPSA) is 49.4 Å². The lowest BCUT2D eigenvalue weighted by atomic mass is 10.0. The Morgan fingerprint density at radius 1 is 0.857 bits per heavy atom. The number of nitrogens with one attached hydrogen (secondary N) is 1. The summed E-state index contributed by atoms with van der Waals surface area (Å²) in [6.45, 7) is 0. The van der Waals surface area contributed by atoms with Crippen molar-refractivity contribution in [3.8, 4) is 0 Å². The molecule has 0 atom stereocenters. The van der Waals surface area contributed by atoms with Crippen LogP contribution in [0, 0.1) is 0 Å². The fourth-order valence-corrected chi connectivity index (χ4v) is 3.59. The van der Waals surface area contributed by atoms with Crippen molar-refractivity contribution in [1.82, 2.24) is 0 Å². The zero-order chi connectivity index (χ0) is 19.5. The first kappa shape index (κ1) is 18.3. The third-order valence-electron chi connectivity index (χ3n) is 4.85. The highest BCUT2D eigenvalue weighted by Crippen LogP contribution is 2.38. The number of carbonyl (C=O) groups excluding carboxylic acids is 2. The van der Waals surface area contributed by atoms with Crippen LogP contribution in [-0.2, 0) is 17.6 Å². The summed E-state index contributed by atoms with van der Waals surface area (Å²) >= 11 is 5.62. The van der Waals surface area contributed by atoms with Crippen molar-refractivity contribution in [3.63, 3.8) is 0 Å². The lowest BCUT2D eigenvalue weighted by Crippen LogP contribution is -2.27. The molecule has 0 aliphatic carbocycles. The summed E-state index contributed by atoms with van der Waals surface area (Å²) in [5.74, 6) is -0.499. The third kappa shape index (κ3) is 3.51. The predicted octanol–water partition coefficient (Wildman–Crippen LogP) is 4.94. The second-order valence-corrected chi connectivity index (χ2v) is 6.93. The molecule has 0 aromatic heterocycles. The van der Waals surface area contributed by atoms with Gasteiger partial charge in [0.25, 0.3) is 5.91 Å². The molecule has 1 N–H and O–H groups in total. The molecule has 0 saturated heterocycles. The Hall–Kier alpha value is -3.11. The van der Waals surface area contributed by atoms with Gasteiger partial charge in [-0.25, -0.2) is 0 Å². The number of amides is 2. The van der Waals surface area contributed by atoms with Crippen LogP contribution in [0.1, 0.15) is 21.5 Å². The molecule has 4 nitrogen and oxygen atoms in total. The largest absolute Gasteiger partial charge is 0.325 e. The van der Waals surface area contributed by atoms with Crippen molar-refractivity contribution in [1.29, 1.82) is 0 Å². The van der Waals surface area contributed by atoms with Crippen LogP contribution >= 0.6 is 11.6 Å². The SMILES string of the molecule is O=C(CCl)Nc1ccc2c(c1)N(C(=O)c1ccccc1)c1ccccc1CC2. The molecule has 0 saturated carbocycles. The zero-order valence-electron chi connectivity index (χ0n) is 15.2. The van der Waals surface area contributed by atoms with Crippen LogP contribution in [0.5, 0.6) is 0 Å². The second-order valence-electron chi connectivity index (χ2n) is 6.66. The molecule has 0 fully saturated rings. The molecular formula is C23H19ClN2O2. The van der Waals surface area contributed by atoms with Gasteiger partial charge in [-0.2, -0.15) is 0 Å². The van der Waals surface area contributed by atoms with Gasteiger partial charge in [0.1, 0.15) is 5.88 Å². The van der Waals surface area contributed by atoms with Crippen LogP contribution < -0.4 is 10.2 Å². The normalized spacial score (nSPS) is 12.5. The summed E-state index contributed by atoms with van der Waals surface area (Å²) in [6, 6.07) is 22.9. The minimum Gasteiger partial charge on any atom is -0.325 e. The number of anilines is 3. The molecule has 0 radical (unpaired) electrons. The maximum atomic E-state index is 13.5. The van der Waals surface area contributed by atoms with Crippen LogP contribution in [0.2, 0.25) is 0 Å². The van der Waals surface area contributed by atoms with E-state index in [1.807, 2.05) is 66.7 Å². The van der Waals surface area contributed by atoms with E-state index in [-0.39, 0.29) is 17.7 Å². The molecule has 1 aliphatic rings. The summed E-state index contributed by atoms with van der Waals surface area (Å²) in [4.78, 5) is 27.0. The Morgan fingerprint density at radius 2 is 1.54 bits per heavy atom. The molecule has 1 aliphatic heterocycles. The fraction of sp³-hybridized carbons (Fsp3) is 0.130. The molecule has 0 spiro atoms. The number of aryl methyl sites for hydroxylation is 2. The molecule has 28 heavy (non-hydrogen) atoms. The molecule has 140 valence electrons. The number of benzene rings is 3. The van der Waals surface area contributed by atoms with Gasteiger partial charge in [-0.3, -0.25) is 14.5 Å². The Morgan fingerprint density at radius 3 is 2.29 bits per heavy atom. The Bertz CT molecular complexity index is 1030. The zero-order valence-corrected chi connectivity index (χ0v) is 15.9. The van der Waals surface area contributed by atoms with E-state index < -0.39 is 0 Å². The van der Waals surface area contributed by atoms with Gasteiger partial charge in [0.2, 0.25) is 5.91 Å². The Balaban J connectivity index is 1.86. The predicted molar refractivity (Wildman–Crippen MR) is 113 cm³/mol. The summed E-state index contributed by atoms with van der Waals surface area (Å²) in [5, 5.41) is 2.78. The van der Waals surface area contributed by atoms with Crippen LogP contribution in [-0.4, -0.2) is 17.7 Å². The van der Waals surface area contributed by atoms with Gasteiger partial charge < -0.3 is 5.32 Å². The molecule has 1 heterocycles. The van der Waals surface area contributed by atoms with E-state index >= 15 is 0 Å². The standard InChI is InChI=1S/C23H19ClN2O2/c24-15-22(27)25-19-13-12-17-11-10-16-6-4-5-9-20(16)26(21(17)14-19)23(28)18-7-2-1-3-8-18/h1-9,12-14H,10-11,15H2,(H,25,27). The number of halogens is 1. The van der Waals surface area contributed by atoms with E-state index in [1.54, 1.807) is 4.90 Å². The number of hydrogen-bond acceptors (Lipinski definition) is 2. The van der Waals surface area contributed by atoms with Crippen LogP contribution in [0.4, 0.5) is 17.1 Å². The summed E-state index contributed by atoms with van der Waals surface area (Å²) in [7, 11) is 0. The van der Waals surface area contributed by atoms with Gasteiger partial charge in [-0.15, -0.1) is 11.6 Å². The minimum absolute atomic E-state index is 0.1000. The van der Waals surface area contributed by atoms with Gasteiger partial charge in [0.05, 0.1) is 11.4 Å². The van der Waals surface area contributed by atoms with E-state index in [0.29, 0.717) is 11.3 Å². The number of hydrogen-bond donors (Lipinski definition) is 1. The number of alkyl halides is 1. The number of rotatable bonds is 3. The minimum atomic E-state index is -0.281. The molecule has 3 aromatic carbocycles. The maximum Gasteiger partial charge on any atom is 0.262 e. The van der Waals surface area contributed by atoms with Gasteiger partial charge in [-0.1, -0.05) is 42.5 Å². The van der Waals surface area contributed by atoms with E-state index in [9.17, 15) is 9.59 Å². The highest BCUT2D eigenvalue weighted by atomic mass is 35.5. The average Bonchev–Trinajstić information content (AvgIpc) is 2.90. The molecular weight excluding hydrogens is 372 g/mol. The van der Waals surface area contributed by atoms with E-state index in [0.717, 1.165) is 35.3 Å². The molecule has 3 aromatic rings. The summed E-state index contributed by atoms with van der Waals surface area (Å²) in [6.07, 6.45) is 1.66. The number of fused-ring (bicyclic) bond motifs is 2. The Kier molecular flexibility index (Phi) is 5.13. The van der Waals surface area contributed by atoms with Gasteiger partial charge in [0.15, 0.2) is 0 Å². The Labute approximate surface area is 168 Å². The first-order chi connectivity index (χ1) is 13.7. The fourth-order valence-electron chi connectivity index (χ4n) is 3.52. The summed E-state index contributed by atoms with van der Waals surface area (Å²) < 4.78 is 0. The molecule has 4 rings (SSSR count). The van der Waals surface area contributed by atoms with Crippen LogP contribution in [0.25, 0.3) is 0 Å². The first-order valence-electron chi connectivity index (χ1n) is 9.13. The first-order valence-corrected chi connectivity index (χ1v) is 9.67. The smallest absolute Gasteiger partial charge is 0.262 e.